The van der Waals surface area contributed by atoms with Gasteiger partial charge in [-0.05, 0) is 12.1 Å². The fourth-order valence-corrected chi connectivity index (χ4v) is 1.75. The molecular formula is C12H16N2O4. The summed E-state index contributed by atoms with van der Waals surface area (Å²) >= 11 is 0. The van der Waals surface area contributed by atoms with Gasteiger partial charge in [-0.2, -0.15) is 0 Å². The van der Waals surface area contributed by atoms with E-state index in [4.69, 9.17) is 9.15 Å². The maximum Gasteiger partial charge on any atom is 0.286 e. The van der Waals surface area contributed by atoms with Gasteiger partial charge in [0.05, 0.1) is 19.5 Å². The molecule has 0 aromatic carbocycles. The largest absolute Gasteiger partial charge is 0.459 e. The van der Waals surface area contributed by atoms with Crippen molar-refractivity contribution < 1.29 is 18.7 Å². The van der Waals surface area contributed by atoms with Crippen LogP contribution in [0, 0.1) is 0 Å². The quantitative estimate of drug-likeness (QED) is 0.834. The van der Waals surface area contributed by atoms with Crippen molar-refractivity contribution in [2.24, 2.45) is 0 Å². The van der Waals surface area contributed by atoms with Crippen molar-refractivity contribution in [1.82, 2.24) is 10.2 Å². The maximum atomic E-state index is 11.8. The van der Waals surface area contributed by atoms with Gasteiger partial charge in [-0.25, -0.2) is 0 Å². The molecule has 2 heterocycles. The van der Waals surface area contributed by atoms with Crippen LogP contribution < -0.4 is 5.32 Å². The van der Waals surface area contributed by atoms with Crippen LogP contribution >= 0.6 is 0 Å². The summed E-state index contributed by atoms with van der Waals surface area (Å²) in [5.74, 6) is 0.00152. The van der Waals surface area contributed by atoms with Crippen molar-refractivity contribution >= 4 is 11.8 Å². The highest BCUT2D eigenvalue weighted by molar-refractivity contribution is 5.91. The molecule has 98 valence electrons. The van der Waals surface area contributed by atoms with E-state index < -0.39 is 0 Å². The summed E-state index contributed by atoms with van der Waals surface area (Å²) in [6.07, 6.45) is 1.74. The third-order valence-corrected chi connectivity index (χ3v) is 2.73. The minimum absolute atomic E-state index is 0.0399. The Balaban J connectivity index is 1.68. The number of morpholine rings is 1. The van der Waals surface area contributed by atoms with E-state index in [-0.39, 0.29) is 17.6 Å². The minimum Gasteiger partial charge on any atom is -0.459 e. The van der Waals surface area contributed by atoms with E-state index in [0.717, 1.165) is 0 Å². The van der Waals surface area contributed by atoms with Gasteiger partial charge in [-0.15, -0.1) is 0 Å². The van der Waals surface area contributed by atoms with Gasteiger partial charge in [-0.1, -0.05) is 0 Å². The minimum atomic E-state index is -0.297. The Hall–Kier alpha value is -1.82. The number of carbonyl (C=O) groups is 2. The normalized spacial score (nSPS) is 15.4. The molecule has 2 amide bonds. The second-order valence-corrected chi connectivity index (χ2v) is 3.98. The van der Waals surface area contributed by atoms with Crippen molar-refractivity contribution in [1.29, 1.82) is 0 Å². The highest BCUT2D eigenvalue weighted by Gasteiger charge is 2.16. The molecule has 0 spiro atoms. The number of hydrogen-bond acceptors (Lipinski definition) is 4. The first-order chi connectivity index (χ1) is 8.77. The molecule has 1 N–H and O–H groups in total. The molecular weight excluding hydrogens is 236 g/mol. The van der Waals surface area contributed by atoms with Crippen LogP contribution in [0.3, 0.4) is 0 Å². The number of amides is 2. The number of nitrogens with zero attached hydrogens (tertiary/aromatic N) is 1. The van der Waals surface area contributed by atoms with Gasteiger partial charge in [0.15, 0.2) is 5.76 Å². The van der Waals surface area contributed by atoms with E-state index in [0.29, 0.717) is 39.3 Å². The van der Waals surface area contributed by atoms with Crippen LogP contribution in [-0.2, 0) is 9.53 Å². The molecule has 6 nitrogen and oxygen atoms in total. The van der Waals surface area contributed by atoms with Crippen LogP contribution in [0.1, 0.15) is 17.0 Å². The Kier molecular flexibility index (Phi) is 4.35. The average molecular weight is 252 g/mol. The van der Waals surface area contributed by atoms with Crippen molar-refractivity contribution in [3.63, 3.8) is 0 Å². The summed E-state index contributed by atoms with van der Waals surface area (Å²) in [4.78, 5) is 25.0. The van der Waals surface area contributed by atoms with E-state index in [1.807, 2.05) is 0 Å². The van der Waals surface area contributed by atoms with E-state index in [1.165, 1.54) is 6.26 Å². The third kappa shape index (κ3) is 3.33. The van der Waals surface area contributed by atoms with Crippen molar-refractivity contribution in [3.8, 4) is 0 Å². The smallest absolute Gasteiger partial charge is 0.286 e. The Morgan fingerprint density at radius 1 is 1.33 bits per heavy atom. The molecule has 18 heavy (non-hydrogen) atoms. The van der Waals surface area contributed by atoms with Gasteiger partial charge < -0.3 is 19.4 Å². The molecule has 1 aliphatic heterocycles. The zero-order chi connectivity index (χ0) is 12.8. The topological polar surface area (TPSA) is 71.8 Å². The molecule has 1 aliphatic rings. The summed E-state index contributed by atoms with van der Waals surface area (Å²) < 4.78 is 10.1. The lowest BCUT2D eigenvalue weighted by atomic mass is 10.3. The third-order valence-electron chi connectivity index (χ3n) is 2.73. The molecule has 2 rings (SSSR count). The SMILES string of the molecule is O=C(NCCC(=O)N1CCOCC1)c1ccco1. The number of nitrogens with one attached hydrogen (secondary N) is 1. The van der Waals surface area contributed by atoms with Crippen LogP contribution in [-0.4, -0.2) is 49.6 Å². The fraction of sp³-hybridized carbons (Fsp3) is 0.500. The standard InChI is InChI=1S/C12H16N2O4/c15-11(14-5-8-17-9-6-14)3-4-13-12(16)10-2-1-7-18-10/h1-2,7H,3-6,8-9H2,(H,13,16). The van der Waals surface area contributed by atoms with Gasteiger partial charge in [0.1, 0.15) is 0 Å². The maximum absolute atomic E-state index is 11.8. The average Bonchev–Trinajstić information content (AvgIpc) is 2.93. The molecule has 1 aromatic heterocycles. The molecule has 0 saturated carbocycles. The number of hydrogen-bond donors (Lipinski definition) is 1. The molecule has 0 radical (unpaired) electrons. The number of rotatable bonds is 4. The molecule has 6 heteroatoms. The first kappa shape index (κ1) is 12.6. The Labute approximate surface area is 105 Å². The van der Waals surface area contributed by atoms with Crippen LogP contribution in [0.2, 0.25) is 0 Å². The lowest BCUT2D eigenvalue weighted by molar-refractivity contribution is -0.135. The van der Waals surface area contributed by atoms with Gasteiger partial charge in [0.2, 0.25) is 5.91 Å². The summed E-state index contributed by atoms with van der Waals surface area (Å²) in [6, 6.07) is 3.23. The molecule has 0 aliphatic carbocycles. The number of furan rings is 1. The van der Waals surface area contributed by atoms with Crippen molar-refractivity contribution in [2.75, 3.05) is 32.8 Å². The molecule has 0 atom stereocenters. The predicted molar refractivity (Wildman–Crippen MR) is 63.1 cm³/mol. The number of ether oxygens (including phenoxy) is 1. The van der Waals surface area contributed by atoms with Crippen molar-refractivity contribution in [2.45, 2.75) is 6.42 Å². The lowest BCUT2D eigenvalue weighted by Crippen LogP contribution is -2.42. The monoisotopic (exact) mass is 252 g/mol. The molecule has 1 saturated heterocycles. The van der Waals surface area contributed by atoms with Crippen LogP contribution in [0.4, 0.5) is 0 Å². The highest BCUT2D eigenvalue weighted by atomic mass is 16.5. The summed E-state index contributed by atoms with van der Waals surface area (Å²) in [5.41, 5.74) is 0. The van der Waals surface area contributed by atoms with Crippen molar-refractivity contribution in [3.05, 3.63) is 24.2 Å². The van der Waals surface area contributed by atoms with E-state index >= 15 is 0 Å². The highest BCUT2D eigenvalue weighted by Crippen LogP contribution is 2.01. The molecule has 1 fully saturated rings. The molecule has 0 bridgehead atoms. The van der Waals surface area contributed by atoms with Gasteiger partial charge in [0, 0.05) is 26.1 Å². The van der Waals surface area contributed by atoms with Gasteiger partial charge in [-0.3, -0.25) is 9.59 Å². The van der Waals surface area contributed by atoms with Crippen LogP contribution in [0.5, 0.6) is 0 Å². The van der Waals surface area contributed by atoms with Gasteiger partial charge >= 0.3 is 0 Å². The fourth-order valence-electron chi connectivity index (χ4n) is 1.75. The summed E-state index contributed by atoms with van der Waals surface area (Å²) in [7, 11) is 0. The van der Waals surface area contributed by atoms with E-state index in [2.05, 4.69) is 5.32 Å². The van der Waals surface area contributed by atoms with Crippen LogP contribution in [0.15, 0.2) is 22.8 Å². The molecule has 0 unspecified atom stereocenters. The second-order valence-electron chi connectivity index (χ2n) is 3.98. The number of carbonyl (C=O) groups excluding carboxylic acids is 2. The summed E-state index contributed by atoms with van der Waals surface area (Å²) in [5, 5.41) is 2.64. The zero-order valence-electron chi connectivity index (χ0n) is 10.1. The van der Waals surface area contributed by atoms with Crippen LogP contribution in [0.25, 0.3) is 0 Å². The second kappa shape index (κ2) is 6.20. The molecule has 1 aromatic rings. The zero-order valence-corrected chi connectivity index (χ0v) is 10.1. The Morgan fingerprint density at radius 3 is 2.78 bits per heavy atom. The predicted octanol–water partition coefficient (Wildman–Crippen LogP) is 0.258. The van der Waals surface area contributed by atoms with Gasteiger partial charge in [0.25, 0.3) is 5.91 Å². The first-order valence-corrected chi connectivity index (χ1v) is 5.94. The first-order valence-electron chi connectivity index (χ1n) is 5.94. The lowest BCUT2D eigenvalue weighted by Gasteiger charge is -2.26. The summed E-state index contributed by atoms with van der Waals surface area (Å²) in [6.45, 7) is 2.75. The van der Waals surface area contributed by atoms with E-state index in [9.17, 15) is 9.59 Å². The van der Waals surface area contributed by atoms with E-state index in [1.54, 1.807) is 17.0 Å². The Morgan fingerprint density at radius 2 is 2.11 bits per heavy atom. The Bertz CT molecular complexity index is 396.